The van der Waals surface area contributed by atoms with Crippen molar-refractivity contribution in [1.82, 2.24) is 9.47 Å². The van der Waals surface area contributed by atoms with Gasteiger partial charge in [0.25, 0.3) is 0 Å². The molecule has 3 nitrogen and oxygen atoms in total. The molecule has 0 radical (unpaired) electrons. The van der Waals surface area contributed by atoms with Crippen molar-refractivity contribution in [3.05, 3.63) is 60.4 Å². The quantitative estimate of drug-likeness (QED) is 0.786. The van der Waals surface area contributed by atoms with Crippen LogP contribution in [0.2, 0.25) is 0 Å². The van der Waals surface area contributed by atoms with Gasteiger partial charge in [-0.1, -0.05) is 54.3 Å². The molecule has 0 aliphatic rings. The molecule has 1 amide bonds. The van der Waals surface area contributed by atoms with Crippen molar-refractivity contribution in [3.8, 4) is 0 Å². The lowest BCUT2D eigenvalue weighted by Gasteiger charge is -2.20. The van der Waals surface area contributed by atoms with E-state index in [1.807, 2.05) is 47.3 Å². The van der Waals surface area contributed by atoms with Crippen molar-refractivity contribution in [1.29, 1.82) is 0 Å². The Bertz CT molecular complexity index is 609. The minimum atomic E-state index is -0.0732. The maximum absolute atomic E-state index is 12.4. The summed E-state index contributed by atoms with van der Waals surface area (Å²) < 4.78 is 2.68. The van der Waals surface area contributed by atoms with Crippen molar-refractivity contribution >= 4 is 34.2 Å². The number of rotatable bonds is 5. The third kappa shape index (κ3) is 4.71. The summed E-state index contributed by atoms with van der Waals surface area (Å²) in [6.45, 7) is 0. The number of nitrogens with zero attached hydrogens (tertiary/aromatic N) is 2. The summed E-state index contributed by atoms with van der Waals surface area (Å²) >= 11 is 6.96. The maximum atomic E-state index is 12.4. The van der Waals surface area contributed by atoms with Crippen molar-refractivity contribution < 1.29 is 4.79 Å². The second kappa shape index (κ2) is 8.15. The van der Waals surface area contributed by atoms with Gasteiger partial charge in [-0.15, -0.1) is 0 Å². The van der Waals surface area contributed by atoms with Crippen LogP contribution in [0.15, 0.2) is 54.9 Å². The van der Waals surface area contributed by atoms with Gasteiger partial charge in [-0.2, -0.15) is 0 Å². The first kappa shape index (κ1) is 16.8. The first-order valence-electron chi connectivity index (χ1n) is 7.13. The van der Waals surface area contributed by atoms with E-state index in [1.165, 1.54) is 5.56 Å². The third-order valence-corrected chi connectivity index (χ3v) is 4.93. The molecule has 0 saturated carbocycles. The highest BCUT2D eigenvalue weighted by molar-refractivity contribution is 8.23. The SMILES string of the molecule is CN(C)C(=O)C(CSC(=S)n1cccc1)Cc1ccccc1. The predicted molar refractivity (Wildman–Crippen MR) is 97.2 cm³/mol. The minimum Gasteiger partial charge on any atom is -0.349 e. The molecule has 0 saturated heterocycles. The monoisotopic (exact) mass is 332 g/mol. The van der Waals surface area contributed by atoms with E-state index in [0.717, 1.165) is 10.7 Å². The van der Waals surface area contributed by atoms with E-state index in [4.69, 9.17) is 12.2 Å². The highest BCUT2D eigenvalue weighted by Crippen LogP contribution is 2.19. The number of aromatic nitrogens is 1. The second-order valence-corrected chi connectivity index (χ2v) is 6.94. The summed E-state index contributed by atoms with van der Waals surface area (Å²) in [5.74, 6) is 0.755. The first-order chi connectivity index (χ1) is 10.6. The van der Waals surface area contributed by atoms with Crippen molar-refractivity contribution in [2.45, 2.75) is 6.42 Å². The summed E-state index contributed by atoms with van der Waals surface area (Å²) in [5.41, 5.74) is 1.18. The van der Waals surface area contributed by atoms with Crippen LogP contribution in [0.3, 0.4) is 0 Å². The second-order valence-electron chi connectivity index (χ2n) is 5.29. The molecule has 1 atom stereocenters. The lowest BCUT2D eigenvalue weighted by molar-refractivity contribution is -0.132. The Morgan fingerprint density at radius 3 is 2.41 bits per heavy atom. The normalized spacial score (nSPS) is 11.9. The van der Waals surface area contributed by atoms with Gasteiger partial charge in [0.1, 0.15) is 4.32 Å². The highest BCUT2D eigenvalue weighted by atomic mass is 32.2. The Morgan fingerprint density at radius 1 is 1.18 bits per heavy atom. The zero-order valence-corrected chi connectivity index (χ0v) is 14.4. The summed E-state index contributed by atoms with van der Waals surface area (Å²) in [4.78, 5) is 14.1. The van der Waals surface area contributed by atoms with Gasteiger partial charge in [-0.25, -0.2) is 0 Å². The highest BCUT2D eigenvalue weighted by Gasteiger charge is 2.21. The molecular formula is C17H20N2OS2. The fraction of sp³-hybridized carbons (Fsp3) is 0.294. The number of thiocarbonyl (C=S) groups is 1. The molecule has 0 spiro atoms. The van der Waals surface area contributed by atoms with Crippen molar-refractivity contribution in [3.63, 3.8) is 0 Å². The topological polar surface area (TPSA) is 25.2 Å². The number of hydrogen-bond acceptors (Lipinski definition) is 3. The van der Waals surface area contributed by atoms with Gasteiger partial charge in [0.2, 0.25) is 5.91 Å². The van der Waals surface area contributed by atoms with Gasteiger partial charge in [0.05, 0.1) is 5.92 Å². The molecule has 1 heterocycles. The molecule has 116 valence electrons. The van der Waals surface area contributed by atoms with Gasteiger partial charge in [-0.3, -0.25) is 4.79 Å². The Balaban J connectivity index is 2.01. The van der Waals surface area contributed by atoms with Gasteiger partial charge in [0.15, 0.2) is 0 Å². The largest absolute Gasteiger partial charge is 0.349 e. The molecule has 0 aliphatic heterocycles. The van der Waals surface area contributed by atoms with Crippen LogP contribution in [-0.2, 0) is 11.2 Å². The molecule has 1 aromatic heterocycles. The fourth-order valence-corrected chi connectivity index (χ4v) is 3.38. The Hall–Kier alpha value is -1.59. The molecule has 2 rings (SSSR count). The lowest BCUT2D eigenvalue weighted by Crippen LogP contribution is -2.32. The van der Waals surface area contributed by atoms with Crippen molar-refractivity contribution in [2.75, 3.05) is 19.8 Å². The van der Waals surface area contributed by atoms with Crippen LogP contribution in [0.4, 0.5) is 0 Å². The van der Waals surface area contributed by atoms with Gasteiger partial charge in [-0.05, 0) is 24.1 Å². The summed E-state index contributed by atoms with van der Waals surface area (Å²) in [7, 11) is 3.60. The zero-order chi connectivity index (χ0) is 15.9. The third-order valence-electron chi connectivity index (χ3n) is 3.34. The molecule has 0 fully saturated rings. The lowest BCUT2D eigenvalue weighted by atomic mass is 10.00. The Labute approximate surface area is 141 Å². The molecule has 5 heteroatoms. The molecule has 2 aromatic rings. The van der Waals surface area contributed by atoms with Crippen LogP contribution < -0.4 is 0 Å². The van der Waals surface area contributed by atoms with E-state index >= 15 is 0 Å². The van der Waals surface area contributed by atoms with Crippen LogP contribution in [-0.4, -0.2) is 39.5 Å². The zero-order valence-electron chi connectivity index (χ0n) is 12.8. The Morgan fingerprint density at radius 2 is 1.82 bits per heavy atom. The predicted octanol–water partition coefficient (Wildman–Crippen LogP) is 3.30. The van der Waals surface area contributed by atoms with Crippen LogP contribution in [0.25, 0.3) is 0 Å². The van der Waals surface area contributed by atoms with Crippen LogP contribution >= 0.6 is 24.0 Å². The smallest absolute Gasteiger partial charge is 0.226 e. The van der Waals surface area contributed by atoms with E-state index in [2.05, 4.69) is 12.1 Å². The minimum absolute atomic E-state index is 0.0732. The summed E-state index contributed by atoms with van der Waals surface area (Å²) in [5, 5.41) is 0. The number of benzene rings is 1. The standard InChI is InChI=1S/C17H20N2OS2/c1-18(2)16(20)15(12-14-8-4-3-5-9-14)13-22-17(21)19-10-6-7-11-19/h3-11,15H,12-13H2,1-2H3. The van der Waals surface area contributed by atoms with E-state index in [-0.39, 0.29) is 11.8 Å². The molecule has 22 heavy (non-hydrogen) atoms. The van der Waals surface area contributed by atoms with Crippen molar-refractivity contribution in [2.24, 2.45) is 5.92 Å². The summed E-state index contributed by atoms with van der Waals surface area (Å²) in [6, 6.07) is 14.0. The van der Waals surface area contributed by atoms with E-state index < -0.39 is 0 Å². The Kier molecular flexibility index (Phi) is 6.21. The molecule has 0 aliphatic carbocycles. The van der Waals surface area contributed by atoms with Crippen LogP contribution in [0.5, 0.6) is 0 Å². The average Bonchev–Trinajstić information content (AvgIpc) is 3.05. The van der Waals surface area contributed by atoms with Gasteiger partial charge >= 0.3 is 0 Å². The van der Waals surface area contributed by atoms with Crippen LogP contribution in [0.1, 0.15) is 5.56 Å². The average molecular weight is 332 g/mol. The van der Waals surface area contributed by atoms with E-state index in [9.17, 15) is 4.79 Å². The summed E-state index contributed by atoms with van der Waals surface area (Å²) in [6.07, 6.45) is 4.59. The fourth-order valence-electron chi connectivity index (χ4n) is 2.18. The molecular weight excluding hydrogens is 312 g/mol. The maximum Gasteiger partial charge on any atom is 0.226 e. The number of amides is 1. The van der Waals surface area contributed by atoms with E-state index in [1.54, 1.807) is 30.8 Å². The van der Waals surface area contributed by atoms with Gasteiger partial charge < -0.3 is 9.47 Å². The first-order valence-corrected chi connectivity index (χ1v) is 8.52. The van der Waals surface area contributed by atoms with Crippen LogP contribution in [0, 0.1) is 5.92 Å². The molecule has 1 unspecified atom stereocenters. The number of thioether (sulfide) groups is 1. The molecule has 1 aromatic carbocycles. The molecule has 0 N–H and O–H groups in total. The van der Waals surface area contributed by atoms with E-state index in [0.29, 0.717) is 5.75 Å². The molecule has 0 bridgehead atoms. The number of carbonyl (C=O) groups is 1. The number of carbonyl (C=O) groups excluding carboxylic acids is 1. The van der Waals surface area contributed by atoms with Gasteiger partial charge in [0, 0.05) is 32.2 Å². The number of hydrogen-bond donors (Lipinski definition) is 0.